The molecule has 0 saturated carbocycles. The first-order valence-electron chi connectivity index (χ1n) is 5.96. The number of aliphatic hydroxyl groups is 1. The van der Waals surface area contributed by atoms with Gasteiger partial charge < -0.3 is 15.2 Å². The molecule has 0 aliphatic carbocycles. The van der Waals surface area contributed by atoms with Crippen LogP contribution >= 0.6 is 0 Å². The van der Waals surface area contributed by atoms with Crippen molar-refractivity contribution in [2.75, 3.05) is 27.3 Å². The Morgan fingerprint density at radius 3 is 2.41 bits per heavy atom. The van der Waals surface area contributed by atoms with Crippen LogP contribution in [-0.2, 0) is 0 Å². The molecule has 0 bridgehead atoms. The van der Waals surface area contributed by atoms with E-state index in [0.717, 1.165) is 23.4 Å². The van der Waals surface area contributed by atoms with Crippen LogP contribution in [0.15, 0.2) is 6.07 Å². The van der Waals surface area contributed by atoms with Crippen LogP contribution in [0.5, 0.6) is 5.75 Å². The maximum atomic E-state index is 9.47. The molecule has 0 amide bonds. The summed E-state index contributed by atoms with van der Waals surface area (Å²) in [6.07, 6.45) is 0. The third-order valence-electron chi connectivity index (χ3n) is 3.38. The summed E-state index contributed by atoms with van der Waals surface area (Å²) in [5, 5.41) is 12.6. The number of ether oxygens (including phenoxy) is 1. The Labute approximate surface area is 104 Å². The molecule has 0 aliphatic rings. The number of aryl methyl sites for hydroxylation is 1. The van der Waals surface area contributed by atoms with E-state index in [-0.39, 0.29) is 12.5 Å². The van der Waals surface area contributed by atoms with Crippen LogP contribution in [0.4, 0.5) is 0 Å². The summed E-state index contributed by atoms with van der Waals surface area (Å²) in [4.78, 5) is 0. The van der Waals surface area contributed by atoms with Gasteiger partial charge in [-0.1, -0.05) is 6.07 Å². The first kappa shape index (κ1) is 14.0. The molecule has 0 aliphatic heterocycles. The SMILES string of the molecule is CNCC(CO)c1cc(C)c(OC)c(C)c1C. The number of hydrogen-bond donors (Lipinski definition) is 2. The molecule has 17 heavy (non-hydrogen) atoms. The van der Waals surface area contributed by atoms with Gasteiger partial charge in [0, 0.05) is 12.5 Å². The van der Waals surface area contributed by atoms with Crippen molar-refractivity contribution in [1.29, 1.82) is 0 Å². The van der Waals surface area contributed by atoms with Crippen LogP contribution in [0, 0.1) is 20.8 Å². The molecule has 3 nitrogen and oxygen atoms in total. The number of aliphatic hydroxyl groups excluding tert-OH is 1. The number of benzene rings is 1. The van der Waals surface area contributed by atoms with Gasteiger partial charge in [-0.05, 0) is 50.1 Å². The van der Waals surface area contributed by atoms with Crippen molar-refractivity contribution in [3.05, 3.63) is 28.3 Å². The van der Waals surface area contributed by atoms with Gasteiger partial charge in [-0.15, -0.1) is 0 Å². The Morgan fingerprint density at radius 2 is 1.94 bits per heavy atom. The lowest BCUT2D eigenvalue weighted by Gasteiger charge is -2.21. The zero-order chi connectivity index (χ0) is 13.0. The molecule has 0 aromatic heterocycles. The van der Waals surface area contributed by atoms with Crippen LogP contribution < -0.4 is 10.1 Å². The number of likely N-dealkylation sites (N-methyl/N-ethyl adjacent to an activating group) is 1. The number of rotatable bonds is 5. The van der Waals surface area contributed by atoms with Crippen molar-refractivity contribution in [3.63, 3.8) is 0 Å². The Bertz CT molecular complexity index is 388. The van der Waals surface area contributed by atoms with E-state index in [1.54, 1.807) is 7.11 Å². The fraction of sp³-hybridized carbons (Fsp3) is 0.571. The molecule has 0 fully saturated rings. The van der Waals surface area contributed by atoms with Crippen molar-refractivity contribution in [3.8, 4) is 5.75 Å². The number of methoxy groups -OCH3 is 1. The average molecular weight is 237 g/mol. The summed E-state index contributed by atoms with van der Waals surface area (Å²) in [6, 6.07) is 2.12. The normalized spacial score (nSPS) is 12.6. The van der Waals surface area contributed by atoms with Gasteiger partial charge in [-0.2, -0.15) is 0 Å². The lowest BCUT2D eigenvalue weighted by atomic mass is 9.90. The predicted molar refractivity (Wildman–Crippen MR) is 71.0 cm³/mol. The highest BCUT2D eigenvalue weighted by molar-refractivity contribution is 5.50. The molecular formula is C14H23NO2. The second kappa shape index (κ2) is 6.03. The van der Waals surface area contributed by atoms with E-state index >= 15 is 0 Å². The Morgan fingerprint density at radius 1 is 1.29 bits per heavy atom. The zero-order valence-corrected chi connectivity index (χ0v) is 11.4. The molecule has 0 spiro atoms. The summed E-state index contributed by atoms with van der Waals surface area (Å²) in [7, 11) is 3.60. The summed E-state index contributed by atoms with van der Waals surface area (Å²) in [5.41, 5.74) is 4.71. The van der Waals surface area contributed by atoms with Crippen LogP contribution in [0.3, 0.4) is 0 Å². The van der Waals surface area contributed by atoms with Crippen molar-refractivity contribution in [2.45, 2.75) is 26.7 Å². The second-order valence-electron chi connectivity index (χ2n) is 4.50. The molecule has 0 radical (unpaired) electrons. The van der Waals surface area contributed by atoms with Crippen LogP contribution in [-0.4, -0.2) is 32.4 Å². The minimum absolute atomic E-state index is 0.142. The highest BCUT2D eigenvalue weighted by Crippen LogP contribution is 2.31. The molecule has 96 valence electrons. The monoisotopic (exact) mass is 237 g/mol. The predicted octanol–water partition coefficient (Wildman–Crippen LogP) is 1.92. The van der Waals surface area contributed by atoms with Crippen molar-refractivity contribution >= 4 is 0 Å². The maximum Gasteiger partial charge on any atom is 0.124 e. The van der Waals surface area contributed by atoms with Crippen molar-refractivity contribution < 1.29 is 9.84 Å². The smallest absolute Gasteiger partial charge is 0.124 e. The van der Waals surface area contributed by atoms with Gasteiger partial charge in [0.05, 0.1) is 13.7 Å². The molecule has 1 unspecified atom stereocenters. The molecule has 3 heteroatoms. The minimum atomic E-state index is 0.142. The van der Waals surface area contributed by atoms with Gasteiger partial charge >= 0.3 is 0 Å². The largest absolute Gasteiger partial charge is 0.496 e. The van der Waals surface area contributed by atoms with E-state index in [9.17, 15) is 5.11 Å². The topological polar surface area (TPSA) is 41.5 Å². The highest BCUT2D eigenvalue weighted by Gasteiger charge is 2.17. The molecule has 0 saturated heterocycles. The first-order valence-corrected chi connectivity index (χ1v) is 5.96. The van der Waals surface area contributed by atoms with E-state index in [1.165, 1.54) is 11.1 Å². The standard InChI is InChI=1S/C14H23NO2/c1-9-6-13(12(8-16)7-15-4)10(2)11(3)14(9)17-5/h6,12,15-16H,7-8H2,1-5H3. The first-order chi connectivity index (χ1) is 8.06. The summed E-state index contributed by atoms with van der Waals surface area (Å²) >= 11 is 0. The molecule has 1 rings (SSSR count). The van der Waals surface area contributed by atoms with Gasteiger partial charge in [-0.25, -0.2) is 0 Å². The molecule has 1 atom stereocenters. The maximum absolute atomic E-state index is 9.47. The lowest BCUT2D eigenvalue weighted by Crippen LogP contribution is -2.21. The van der Waals surface area contributed by atoms with E-state index < -0.39 is 0 Å². The van der Waals surface area contributed by atoms with E-state index in [1.807, 2.05) is 14.0 Å². The van der Waals surface area contributed by atoms with Crippen LogP contribution in [0.25, 0.3) is 0 Å². The third-order valence-corrected chi connectivity index (χ3v) is 3.38. The number of hydrogen-bond acceptors (Lipinski definition) is 3. The quantitative estimate of drug-likeness (QED) is 0.822. The molecule has 0 heterocycles. The van der Waals surface area contributed by atoms with Gasteiger partial charge in [-0.3, -0.25) is 0 Å². The Balaban J connectivity index is 3.25. The summed E-state index contributed by atoms with van der Waals surface area (Å²) in [6.45, 7) is 7.14. The molecule has 1 aromatic carbocycles. The third kappa shape index (κ3) is 2.79. The minimum Gasteiger partial charge on any atom is -0.496 e. The van der Waals surface area contributed by atoms with E-state index in [2.05, 4.69) is 25.2 Å². The Kier molecular flexibility index (Phi) is 4.97. The van der Waals surface area contributed by atoms with Crippen LogP contribution in [0.2, 0.25) is 0 Å². The highest BCUT2D eigenvalue weighted by atomic mass is 16.5. The van der Waals surface area contributed by atoms with Gasteiger partial charge in [0.25, 0.3) is 0 Å². The zero-order valence-electron chi connectivity index (χ0n) is 11.4. The average Bonchev–Trinajstić information content (AvgIpc) is 2.32. The lowest BCUT2D eigenvalue weighted by molar-refractivity contribution is 0.263. The molecule has 1 aromatic rings. The van der Waals surface area contributed by atoms with Gasteiger partial charge in [0.1, 0.15) is 5.75 Å². The molecule has 2 N–H and O–H groups in total. The molecular weight excluding hydrogens is 214 g/mol. The fourth-order valence-electron chi connectivity index (χ4n) is 2.35. The van der Waals surface area contributed by atoms with Gasteiger partial charge in [0.15, 0.2) is 0 Å². The van der Waals surface area contributed by atoms with Crippen molar-refractivity contribution in [1.82, 2.24) is 5.32 Å². The van der Waals surface area contributed by atoms with Crippen LogP contribution in [0.1, 0.15) is 28.2 Å². The van der Waals surface area contributed by atoms with E-state index in [4.69, 9.17) is 4.74 Å². The van der Waals surface area contributed by atoms with E-state index in [0.29, 0.717) is 0 Å². The summed E-state index contributed by atoms with van der Waals surface area (Å²) < 4.78 is 5.41. The second-order valence-corrected chi connectivity index (χ2v) is 4.50. The fourth-order valence-corrected chi connectivity index (χ4v) is 2.35. The van der Waals surface area contributed by atoms with Crippen molar-refractivity contribution in [2.24, 2.45) is 0 Å². The van der Waals surface area contributed by atoms with Gasteiger partial charge in [0.2, 0.25) is 0 Å². The Hall–Kier alpha value is -1.06. The number of nitrogens with one attached hydrogen (secondary N) is 1. The summed E-state index contributed by atoms with van der Waals surface area (Å²) in [5.74, 6) is 1.09.